The minimum Gasteiger partial charge on any atom is -0.430 e. The highest BCUT2D eigenvalue weighted by Gasteiger charge is 2.37. The molecular formula is C22H29F6O2P. The van der Waals surface area contributed by atoms with Gasteiger partial charge < -0.3 is 9.47 Å². The SMILES string of the molecule is FCC(F)(F)Oc1cc(OC(F)(F)CF)cc(P(C2CCCCC2)C2CCCCC2)c1. The largest absolute Gasteiger partial charge is 0.430 e. The molecular weight excluding hydrogens is 441 g/mol. The van der Waals surface area contributed by atoms with Gasteiger partial charge in [0.2, 0.25) is 0 Å². The lowest BCUT2D eigenvalue weighted by Crippen LogP contribution is -2.30. The van der Waals surface area contributed by atoms with Crippen LogP contribution in [0.4, 0.5) is 26.3 Å². The maximum atomic E-state index is 13.6. The molecule has 1 aromatic carbocycles. The van der Waals surface area contributed by atoms with E-state index in [4.69, 9.17) is 0 Å². The van der Waals surface area contributed by atoms with Crippen molar-refractivity contribution in [3.8, 4) is 11.5 Å². The Bertz CT molecular complexity index is 651. The van der Waals surface area contributed by atoms with E-state index >= 15 is 0 Å². The van der Waals surface area contributed by atoms with Crippen LogP contribution in [0.5, 0.6) is 11.5 Å². The van der Waals surface area contributed by atoms with Crippen molar-refractivity contribution < 1.29 is 35.8 Å². The van der Waals surface area contributed by atoms with Crippen LogP contribution in [0.15, 0.2) is 18.2 Å². The van der Waals surface area contributed by atoms with Crippen molar-refractivity contribution in [2.75, 3.05) is 13.3 Å². The van der Waals surface area contributed by atoms with Gasteiger partial charge in [0.15, 0.2) is 13.3 Å². The Morgan fingerprint density at radius 1 is 0.677 bits per heavy atom. The summed E-state index contributed by atoms with van der Waals surface area (Å²) >= 11 is 0. The minimum absolute atomic E-state index is 0.360. The summed E-state index contributed by atoms with van der Waals surface area (Å²) in [7, 11) is -0.853. The molecule has 0 amide bonds. The van der Waals surface area contributed by atoms with Gasteiger partial charge in [-0.25, -0.2) is 8.78 Å². The van der Waals surface area contributed by atoms with Crippen molar-refractivity contribution in [1.29, 1.82) is 0 Å². The van der Waals surface area contributed by atoms with Crippen LogP contribution < -0.4 is 14.8 Å². The topological polar surface area (TPSA) is 18.5 Å². The molecule has 3 rings (SSSR count). The predicted octanol–water partition coefficient (Wildman–Crippen LogP) is 7.34. The van der Waals surface area contributed by atoms with Crippen molar-refractivity contribution in [2.45, 2.75) is 87.7 Å². The molecule has 0 heterocycles. The van der Waals surface area contributed by atoms with Crippen molar-refractivity contribution in [3.05, 3.63) is 18.2 Å². The molecule has 0 N–H and O–H groups in total. The average Bonchev–Trinajstić information content (AvgIpc) is 2.75. The molecule has 2 aliphatic rings. The van der Waals surface area contributed by atoms with Crippen LogP contribution in [-0.4, -0.2) is 36.9 Å². The van der Waals surface area contributed by atoms with Gasteiger partial charge in [-0.15, -0.1) is 0 Å². The molecule has 0 aliphatic heterocycles. The molecule has 2 aliphatic carbocycles. The van der Waals surface area contributed by atoms with Crippen LogP contribution in [0, 0.1) is 0 Å². The van der Waals surface area contributed by atoms with E-state index in [9.17, 15) is 26.3 Å². The lowest BCUT2D eigenvalue weighted by Gasteiger charge is -2.39. The van der Waals surface area contributed by atoms with E-state index in [0.717, 1.165) is 70.3 Å². The Balaban J connectivity index is 2.00. The van der Waals surface area contributed by atoms with Crippen molar-refractivity contribution >= 4 is 13.2 Å². The average molecular weight is 470 g/mol. The standard InChI is InChI=1S/C22H29F6O2P/c23-14-21(25,26)29-16-11-17(30-22(27,28)15-24)13-20(12-16)31(18-7-3-1-4-8-18)19-9-5-2-6-10-19/h11-13,18-19H,1-10,14-15H2. The summed E-state index contributed by atoms with van der Waals surface area (Å²) in [6.07, 6.45) is 2.45. The summed E-state index contributed by atoms with van der Waals surface area (Å²) in [5.41, 5.74) is 0.719. The molecule has 31 heavy (non-hydrogen) atoms. The molecule has 0 atom stereocenters. The van der Waals surface area contributed by atoms with Crippen molar-refractivity contribution in [1.82, 2.24) is 0 Å². The van der Waals surface area contributed by atoms with Gasteiger partial charge in [-0.3, -0.25) is 0 Å². The van der Waals surface area contributed by atoms with Crippen LogP contribution in [0.1, 0.15) is 64.2 Å². The Kier molecular flexibility index (Phi) is 8.39. The highest BCUT2D eigenvalue weighted by atomic mass is 31.1. The highest BCUT2D eigenvalue weighted by molar-refractivity contribution is 7.67. The first-order valence-electron chi connectivity index (χ1n) is 10.9. The number of alkyl halides is 6. The van der Waals surface area contributed by atoms with Gasteiger partial charge in [0, 0.05) is 6.07 Å². The highest BCUT2D eigenvalue weighted by Crippen LogP contribution is 2.55. The van der Waals surface area contributed by atoms with Gasteiger partial charge in [0.25, 0.3) is 0 Å². The molecule has 0 saturated heterocycles. The van der Waals surface area contributed by atoms with E-state index < -0.39 is 45.0 Å². The van der Waals surface area contributed by atoms with Crippen molar-refractivity contribution in [2.24, 2.45) is 0 Å². The van der Waals surface area contributed by atoms with Crippen LogP contribution in [0.3, 0.4) is 0 Å². The second kappa shape index (κ2) is 10.6. The fraction of sp³-hybridized carbons (Fsp3) is 0.727. The Hall–Kier alpha value is -1.17. The first kappa shape index (κ1) is 24.5. The third-order valence-corrected chi connectivity index (χ3v) is 9.41. The summed E-state index contributed by atoms with van der Waals surface area (Å²) < 4.78 is 88.6. The second-order valence-electron chi connectivity index (χ2n) is 8.40. The second-order valence-corrected chi connectivity index (χ2v) is 11.2. The zero-order valence-electron chi connectivity index (χ0n) is 17.4. The fourth-order valence-corrected chi connectivity index (χ4v) is 8.50. The first-order chi connectivity index (χ1) is 14.7. The maximum Gasteiger partial charge on any atom is 0.427 e. The molecule has 2 fully saturated rings. The van der Waals surface area contributed by atoms with E-state index in [1.807, 2.05) is 0 Å². The summed E-state index contributed by atoms with van der Waals surface area (Å²) in [6.45, 7) is -4.10. The normalized spacial score (nSPS) is 19.6. The monoisotopic (exact) mass is 470 g/mol. The third-order valence-electron chi connectivity index (χ3n) is 5.94. The van der Waals surface area contributed by atoms with E-state index in [-0.39, 0.29) is 0 Å². The Morgan fingerprint density at radius 3 is 1.42 bits per heavy atom. The Morgan fingerprint density at radius 2 is 1.06 bits per heavy atom. The minimum atomic E-state index is -4.09. The number of halogens is 6. The molecule has 2 saturated carbocycles. The number of hydrogen-bond donors (Lipinski definition) is 0. The molecule has 0 bridgehead atoms. The van der Waals surface area contributed by atoms with Crippen LogP contribution in [0.2, 0.25) is 0 Å². The van der Waals surface area contributed by atoms with E-state index in [1.165, 1.54) is 12.1 Å². The number of rotatable bonds is 9. The zero-order chi connectivity index (χ0) is 22.5. The van der Waals surface area contributed by atoms with E-state index in [2.05, 4.69) is 9.47 Å². The third kappa shape index (κ3) is 6.90. The molecule has 0 aromatic heterocycles. The van der Waals surface area contributed by atoms with Crippen LogP contribution in [-0.2, 0) is 0 Å². The molecule has 176 valence electrons. The summed E-state index contributed by atoms with van der Waals surface area (Å²) in [5.74, 6) is -0.882. The van der Waals surface area contributed by atoms with Crippen LogP contribution >= 0.6 is 7.92 Å². The lowest BCUT2D eigenvalue weighted by atomic mass is 9.99. The molecule has 1 aromatic rings. The van der Waals surface area contributed by atoms with Crippen LogP contribution in [0.25, 0.3) is 0 Å². The number of benzene rings is 1. The van der Waals surface area contributed by atoms with E-state index in [0.29, 0.717) is 16.6 Å². The van der Waals surface area contributed by atoms with Gasteiger partial charge >= 0.3 is 12.2 Å². The molecule has 0 radical (unpaired) electrons. The van der Waals surface area contributed by atoms with Gasteiger partial charge in [-0.05, 0) is 54.4 Å². The lowest BCUT2D eigenvalue weighted by molar-refractivity contribution is -0.189. The quantitative estimate of drug-likeness (QED) is 0.278. The number of hydrogen-bond acceptors (Lipinski definition) is 2. The maximum absolute atomic E-state index is 13.6. The smallest absolute Gasteiger partial charge is 0.427 e. The van der Waals surface area contributed by atoms with Gasteiger partial charge in [-0.2, -0.15) is 17.6 Å². The van der Waals surface area contributed by atoms with E-state index in [1.54, 1.807) is 0 Å². The zero-order valence-corrected chi connectivity index (χ0v) is 18.3. The summed E-state index contributed by atoms with van der Waals surface area (Å²) in [5, 5.41) is 0.630. The molecule has 9 heteroatoms. The van der Waals surface area contributed by atoms with Crippen molar-refractivity contribution in [3.63, 3.8) is 0 Å². The summed E-state index contributed by atoms with van der Waals surface area (Å²) in [4.78, 5) is 0. The molecule has 0 unspecified atom stereocenters. The molecule has 0 spiro atoms. The van der Waals surface area contributed by atoms with Gasteiger partial charge in [0.1, 0.15) is 11.5 Å². The Labute approximate surface area is 180 Å². The predicted molar refractivity (Wildman–Crippen MR) is 110 cm³/mol. The fourth-order valence-electron chi connectivity index (χ4n) is 4.66. The molecule has 2 nitrogen and oxygen atoms in total. The van der Waals surface area contributed by atoms with Gasteiger partial charge in [-0.1, -0.05) is 46.4 Å². The first-order valence-corrected chi connectivity index (χ1v) is 12.4. The van der Waals surface area contributed by atoms with Gasteiger partial charge in [0.05, 0.1) is 0 Å². The summed E-state index contributed by atoms with van der Waals surface area (Å²) in [6, 6.07) is 3.68. The number of ether oxygens (including phenoxy) is 2.